The Morgan fingerprint density at radius 2 is 0.649 bits per heavy atom. The molecule has 12 rings (SSSR count). The van der Waals surface area contributed by atoms with Crippen LogP contribution in [0.2, 0.25) is 30.1 Å². The maximum absolute atomic E-state index is 13.1. The number of carbonyl (C=O) groups excluding carboxylic acids is 3. The predicted octanol–water partition coefficient (Wildman–Crippen LogP) is 11.3. The first kappa shape index (κ1) is 67.5. The second kappa shape index (κ2) is 28.1. The summed E-state index contributed by atoms with van der Waals surface area (Å²) in [6.07, 6.45) is 0. The number of halogens is 7. The lowest BCUT2D eigenvalue weighted by Gasteiger charge is -2.36. The average molecular weight is 1400 g/mol. The van der Waals surface area contributed by atoms with Crippen molar-refractivity contribution in [2.45, 2.75) is 0 Å². The smallest absolute Gasteiger partial charge is 0.357 e. The number of piperazine rings is 3. The van der Waals surface area contributed by atoms with E-state index in [4.69, 9.17) is 69.6 Å². The summed E-state index contributed by atoms with van der Waals surface area (Å²) in [4.78, 5) is 120. The zero-order valence-electron chi connectivity index (χ0n) is 49.9. The molecule has 0 saturated carbocycles. The third-order valence-corrected chi connectivity index (χ3v) is 18.2. The third-order valence-electron chi connectivity index (χ3n) is 16.5. The fourth-order valence-electron chi connectivity index (χ4n) is 11.7. The quantitative estimate of drug-likeness (QED) is 0.0960. The highest BCUT2D eigenvalue weighted by Crippen LogP contribution is 2.39. The number of hydrogen-bond donors (Lipinski definition) is 0. The van der Waals surface area contributed by atoms with Crippen LogP contribution in [0.3, 0.4) is 0 Å². The molecule has 3 amide bonds. The lowest BCUT2D eigenvalue weighted by Crippen LogP contribution is -2.49. The van der Waals surface area contributed by atoms with Gasteiger partial charge in [-0.3, -0.25) is 59.1 Å². The maximum atomic E-state index is 13.1. The Hall–Kier alpha value is -9.37. The maximum Gasteiger partial charge on any atom is 0.357 e. The van der Waals surface area contributed by atoms with E-state index in [1.165, 1.54) is 65.2 Å². The van der Waals surface area contributed by atoms with Gasteiger partial charge in [0, 0.05) is 153 Å². The van der Waals surface area contributed by atoms with Crippen LogP contribution < -0.4 is 31.4 Å². The highest BCUT2D eigenvalue weighted by atomic mass is 35.5. The van der Waals surface area contributed by atoms with Crippen LogP contribution in [0.1, 0.15) is 31.1 Å². The van der Waals surface area contributed by atoms with Gasteiger partial charge in [0.15, 0.2) is 0 Å². The van der Waals surface area contributed by atoms with Gasteiger partial charge in [0.25, 0.3) is 17.7 Å². The van der Waals surface area contributed by atoms with Crippen molar-refractivity contribution >= 4 is 154 Å². The van der Waals surface area contributed by atoms with Crippen LogP contribution in [0.5, 0.6) is 0 Å². The predicted molar refractivity (Wildman–Crippen MR) is 361 cm³/mol. The van der Waals surface area contributed by atoms with Gasteiger partial charge in [0.2, 0.25) is 0 Å². The number of anilines is 3. The first-order valence-corrected chi connectivity index (χ1v) is 31.0. The summed E-state index contributed by atoms with van der Waals surface area (Å²) in [7, 11) is 4.47. The van der Waals surface area contributed by atoms with Crippen LogP contribution in [-0.2, 0) is 21.1 Å². The van der Waals surface area contributed by atoms with Gasteiger partial charge in [-0.1, -0.05) is 69.6 Å². The minimum atomic E-state index is -0.709. The highest BCUT2D eigenvalue weighted by Gasteiger charge is 2.36. The minimum Gasteiger partial charge on any atom is -0.362 e. The molecule has 9 aromatic rings. The van der Waals surface area contributed by atoms with Crippen LogP contribution in [0, 0.1) is 36.2 Å². The Bertz CT molecular complexity index is 4570. The number of pyridine rings is 3. The first-order valence-electron chi connectivity index (χ1n) is 28.7. The van der Waals surface area contributed by atoms with Crippen LogP contribution in [0.25, 0.3) is 32.7 Å². The molecule has 94 heavy (non-hydrogen) atoms. The van der Waals surface area contributed by atoms with Gasteiger partial charge in [0.05, 0.1) is 41.4 Å². The Kier molecular flexibility index (Phi) is 20.2. The van der Waals surface area contributed by atoms with E-state index in [2.05, 4.69) is 0 Å². The number of fused-ring (bicyclic) bond motifs is 3. The molecule has 3 saturated heterocycles. The number of nitro groups is 3. The molecule has 24 nitrogen and oxygen atoms in total. The normalized spacial score (nSPS) is 14.1. The molecular weight excluding hydrogens is 1350 g/mol. The number of nitrogens with zero attached hydrogens (tertiary/aromatic N) is 12. The summed E-state index contributed by atoms with van der Waals surface area (Å²) in [5.74, 6) is -1.02. The summed E-state index contributed by atoms with van der Waals surface area (Å²) < 4.78 is 16.9. The summed E-state index contributed by atoms with van der Waals surface area (Å²) in [6.45, 7) is 3.82. The van der Waals surface area contributed by atoms with Gasteiger partial charge >= 0.3 is 33.7 Å². The van der Waals surface area contributed by atoms with E-state index in [1.807, 2.05) is 0 Å². The van der Waals surface area contributed by atoms with Crippen LogP contribution in [-0.4, -0.2) is 139 Å². The third kappa shape index (κ3) is 13.7. The van der Waals surface area contributed by atoms with E-state index in [1.54, 1.807) is 120 Å². The number of amides is 3. The van der Waals surface area contributed by atoms with Crippen molar-refractivity contribution in [3.8, 4) is 0 Å². The monoisotopic (exact) mass is 1400 g/mol. The van der Waals surface area contributed by atoms with E-state index in [0.29, 0.717) is 153 Å². The number of aryl methyl sites for hydroxylation is 3. The van der Waals surface area contributed by atoms with Crippen molar-refractivity contribution in [1.82, 2.24) is 28.4 Å². The van der Waals surface area contributed by atoms with E-state index >= 15 is 0 Å². The number of hydrogen-bond acceptors (Lipinski definition) is 15. The molecule has 6 aromatic carbocycles. The zero-order valence-corrected chi connectivity index (χ0v) is 54.5. The SMILES string of the molecule is Cn1c(=O)c([N+](=O)[O-])c(N2CCN(C(=O)c3ccc(Cl)c(Cl)c3)CC2)c2cc(Cl)ccc21.Cn1c(=O)c([N+](=O)[O-])c(N2CCN(C(=O)c3ccc(Cl)cc3)CC2)c2cc(Cl)ccc21.Cn1c(=O)c([N+](=O)[O-])c(N2CCN(C(=O)c3ccc(F)cc3)CC2)c2cc(Cl)ccc21. The van der Waals surface area contributed by atoms with E-state index < -0.39 is 54.3 Å². The molecule has 3 aliphatic rings. The number of carbonyl (C=O) groups is 3. The largest absolute Gasteiger partial charge is 0.362 e. The van der Waals surface area contributed by atoms with Gasteiger partial charge in [0.1, 0.15) is 22.9 Å². The van der Waals surface area contributed by atoms with Crippen LogP contribution in [0.15, 0.2) is 136 Å². The second-order valence-corrected chi connectivity index (χ2v) is 24.5. The van der Waals surface area contributed by atoms with E-state index in [0.717, 1.165) is 0 Å². The van der Waals surface area contributed by atoms with Gasteiger partial charge in [-0.2, -0.15) is 0 Å². The topological polar surface area (TPSA) is 266 Å². The molecule has 3 aliphatic heterocycles. The molecule has 0 atom stereocenters. The molecule has 3 aromatic heterocycles. The molecular formula is C63H53Cl6FN12O12. The van der Waals surface area contributed by atoms with Crippen molar-refractivity contribution in [1.29, 1.82) is 0 Å². The standard InChI is InChI=1S/C21H17Cl3N4O4.C21H18Cl2N4O4.C21H18ClFN4O4/c1-25-17-5-3-13(22)11-14(17)18(19(21(25)30)28(31)32)26-6-8-27(9-7-26)20(29)12-2-4-15(23)16(24)10-12;1-24-17-7-6-15(23)12-16(17)18(19(21(24)29)27(30)31)25-8-10-26(11-9-25)20(28)13-2-4-14(22)5-3-13;1-24-17-7-4-14(22)12-16(17)18(19(21(24)29)27(30)31)25-8-10-26(11-9-25)20(28)13-2-5-15(23)6-3-13/h2-5,10-11H,6-9H2,1H3;2*2-7,12H,8-11H2,1H3. The van der Waals surface area contributed by atoms with E-state index in [-0.39, 0.29) is 39.8 Å². The molecule has 0 spiro atoms. The summed E-state index contributed by atoms with van der Waals surface area (Å²) in [5.41, 5.74) is -0.0317. The molecule has 0 aliphatic carbocycles. The Morgan fingerprint density at radius 3 is 0.947 bits per heavy atom. The molecule has 0 radical (unpaired) electrons. The lowest BCUT2D eigenvalue weighted by atomic mass is 10.1. The summed E-state index contributed by atoms with van der Waals surface area (Å²) >= 11 is 36.3. The van der Waals surface area contributed by atoms with Gasteiger partial charge in [-0.25, -0.2) is 4.39 Å². The van der Waals surface area contributed by atoms with Crippen molar-refractivity contribution in [2.24, 2.45) is 21.1 Å². The second-order valence-electron chi connectivity index (χ2n) is 21.9. The molecule has 6 heterocycles. The van der Waals surface area contributed by atoms with Gasteiger partial charge < -0.3 is 43.1 Å². The molecule has 0 N–H and O–H groups in total. The molecule has 0 unspecified atom stereocenters. The van der Waals surface area contributed by atoms with Gasteiger partial charge in [-0.05, 0) is 121 Å². The minimum absolute atomic E-state index is 0.136. The van der Waals surface area contributed by atoms with Gasteiger partial charge in [-0.15, -0.1) is 0 Å². The number of rotatable bonds is 9. The van der Waals surface area contributed by atoms with E-state index in [9.17, 15) is 63.5 Å². The lowest BCUT2D eigenvalue weighted by molar-refractivity contribution is -0.385. The molecule has 486 valence electrons. The molecule has 0 bridgehead atoms. The Balaban J connectivity index is 0.000000154. The molecule has 31 heteroatoms. The number of benzene rings is 6. The van der Waals surface area contributed by atoms with Crippen molar-refractivity contribution in [3.63, 3.8) is 0 Å². The number of aromatic nitrogens is 3. The van der Waals surface area contributed by atoms with Crippen molar-refractivity contribution in [3.05, 3.63) is 235 Å². The molecule has 3 fully saturated rings. The average Bonchev–Trinajstić information content (AvgIpc) is 0.765. The Labute approximate surface area is 562 Å². The summed E-state index contributed by atoms with van der Waals surface area (Å²) in [5, 5.41) is 39.4. The fraction of sp³-hybridized carbons (Fsp3) is 0.238. The van der Waals surface area contributed by atoms with Crippen molar-refractivity contribution < 1.29 is 33.5 Å². The first-order chi connectivity index (χ1) is 44.7. The highest BCUT2D eigenvalue weighted by molar-refractivity contribution is 6.42. The fourth-order valence-corrected chi connectivity index (χ4v) is 12.6. The van der Waals surface area contributed by atoms with Crippen molar-refractivity contribution in [2.75, 3.05) is 93.2 Å². The Morgan fingerprint density at radius 1 is 0.372 bits per heavy atom. The van der Waals surface area contributed by atoms with Crippen LogP contribution in [0.4, 0.5) is 38.5 Å². The van der Waals surface area contributed by atoms with Crippen LogP contribution >= 0.6 is 69.6 Å². The zero-order chi connectivity index (χ0) is 67.7. The summed E-state index contributed by atoms with van der Waals surface area (Å²) in [6, 6.07) is 31.4.